The van der Waals surface area contributed by atoms with Crippen molar-refractivity contribution in [1.82, 2.24) is 4.98 Å². The molecule has 0 N–H and O–H groups in total. The van der Waals surface area contributed by atoms with Gasteiger partial charge in [0, 0.05) is 23.0 Å². The smallest absolute Gasteiger partial charge is 0.195 e. The molecule has 0 bridgehead atoms. The maximum atomic E-state index is 6.14. The minimum absolute atomic E-state index is 0.563. The fraction of sp³-hybridized carbons (Fsp3) is 0.368. The van der Waals surface area contributed by atoms with Gasteiger partial charge in [-0.15, -0.1) is 0 Å². The van der Waals surface area contributed by atoms with Crippen LogP contribution in [0.4, 0.5) is 0 Å². The van der Waals surface area contributed by atoms with Crippen LogP contribution in [0.2, 0.25) is 0 Å². The van der Waals surface area contributed by atoms with Gasteiger partial charge in [0.25, 0.3) is 0 Å². The van der Waals surface area contributed by atoms with Gasteiger partial charge in [-0.05, 0) is 57.4 Å². The molecule has 2 heterocycles. The van der Waals surface area contributed by atoms with Crippen LogP contribution in [0.3, 0.4) is 0 Å². The van der Waals surface area contributed by atoms with Crippen LogP contribution in [0.1, 0.15) is 48.7 Å². The summed E-state index contributed by atoms with van der Waals surface area (Å²) in [6.45, 7) is 10.3. The number of nitrogens with zero attached hydrogens (tertiary/aromatic N) is 2. The first-order valence-corrected chi connectivity index (χ1v) is 7.76. The molecule has 1 aromatic heterocycles. The molecule has 0 unspecified atom stereocenters. The van der Waals surface area contributed by atoms with Crippen LogP contribution in [0, 0.1) is 13.8 Å². The van der Waals surface area contributed by atoms with E-state index >= 15 is 0 Å². The van der Waals surface area contributed by atoms with E-state index in [9.17, 15) is 0 Å². The quantitative estimate of drug-likeness (QED) is 0.831. The van der Waals surface area contributed by atoms with E-state index in [1.54, 1.807) is 0 Å². The van der Waals surface area contributed by atoms with Crippen LogP contribution in [-0.2, 0) is 6.42 Å². The van der Waals surface area contributed by atoms with Crippen molar-refractivity contribution >= 4 is 5.71 Å². The largest absolute Gasteiger partial charge is 0.466 e. The number of aliphatic imine (C=N–C) groups is 1. The predicted molar refractivity (Wildman–Crippen MR) is 89.9 cm³/mol. The number of aromatic nitrogens is 1. The molecule has 0 aliphatic carbocycles. The molecule has 22 heavy (non-hydrogen) atoms. The van der Waals surface area contributed by atoms with E-state index in [1.165, 1.54) is 11.1 Å². The van der Waals surface area contributed by atoms with Gasteiger partial charge in [0.2, 0.25) is 0 Å². The van der Waals surface area contributed by atoms with Crippen LogP contribution in [-0.4, -0.2) is 16.4 Å². The second kappa shape index (κ2) is 5.24. The zero-order valence-corrected chi connectivity index (χ0v) is 13.9. The number of rotatable bonds is 2. The molecular weight excluding hydrogens is 272 g/mol. The van der Waals surface area contributed by atoms with E-state index in [0.29, 0.717) is 0 Å². The first-order chi connectivity index (χ1) is 10.4. The molecular formula is C19H22N2O. The summed E-state index contributed by atoms with van der Waals surface area (Å²) >= 11 is 0. The van der Waals surface area contributed by atoms with Gasteiger partial charge in [0.1, 0.15) is 5.75 Å². The highest BCUT2D eigenvalue weighted by Crippen LogP contribution is 2.35. The first-order valence-electron chi connectivity index (χ1n) is 7.76. The van der Waals surface area contributed by atoms with Crippen LogP contribution < -0.4 is 4.74 Å². The molecule has 0 saturated heterocycles. The number of aryl methyl sites for hydroxylation is 3. The Bertz CT molecular complexity index is 760. The zero-order valence-electron chi connectivity index (χ0n) is 13.9. The average molecular weight is 294 g/mol. The Morgan fingerprint density at radius 2 is 1.95 bits per heavy atom. The lowest BCUT2D eigenvalue weighted by atomic mass is 9.96. The summed E-state index contributed by atoms with van der Waals surface area (Å²) in [5.41, 5.74) is 5.97. The van der Waals surface area contributed by atoms with Crippen LogP contribution in [0.15, 0.2) is 35.5 Å². The van der Waals surface area contributed by atoms with Crippen molar-refractivity contribution in [1.29, 1.82) is 0 Å². The van der Waals surface area contributed by atoms with Gasteiger partial charge in [-0.25, -0.2) is 4.99 Å². The van der Waals surface area contributed by atoms with Crippen molar-refractivity contribution in [3.63, 3.8) is 0 Å². The van der Waals surface area contributed by atoms with Crippen LogP contribution in [0.25, 0.3) is 0 Å². The molecule has 3 rings (SSSR count). The van der Waals surface area contributed by atoms with E-state index in [-0.39, 0.29) is 0 Å². The molecule has 3 heteroatoms. The molecule has 1 aromatic carbocycles. The van der Waals surface area contributed by atoms with Crippen LogP contribution in [0.5, 0.6) is 5.75 Å². The van der Waals surface area contributed by atoms with Crippen LogP contribution >= 0.6 is 0 Å². The van der Waals surface area contributed by atoms with E-state index in [4.69, 9.17) is 9.73 Å². The fourth-order valence-corrected chi connectivity index (χ4v) is 2.77. The van der Waals surface area contributed by atoms with Gasteiger partial charge in [-0.2, -0.15) is 0 Å². The second-order valence-electron chi connectivity index (χ2n) is 6.28. The molecule has 0 radical (unpaired) electrons. The first kappa shape index (κ1) is 14.8. The van der Waals surface area contributed by atoms with Gasteiger partial charge < -0.3 is 4.74 Å². The molecule has 114 valence electrons. The van der Waals surface area contributed by atoms with E-state index in [0.717, 1.165) is 34.7 Å². The molecule has 0 saturated carbocycles. The monoisotopic (exact) mass is 294 g/mol. The number of hydrogen-bond donors (Lipinski definition) is 0. The number of fused-ring (bicyclic) bond motifs is 1. The Morgan fingerprint density at radius 3 is 2.64 bits per heavy atom. The third-order valence-corrected chi connectivity index (χ3v) is 4.08. The van der Waals surface area contributed by atoms with Crippen molar-refractivity contribution in [2.45, 2.75) is 46.8 Å². The average Bonchev–Trinajstić information content (AvgIpc) is 2.48. The number of pyridine rings is 1. The van der Waals surface area contributed by atoms with Gasteiger partial charge in [0.05, 0.1) is 5.71 Å². The third kappa shape index (κ3) is 2.52. The summed E-state index contributed by atoms with van der Waals surface area (Å²) < 4.78 is 6.14. The molecule has 1 aliphatic rings. The normalized spacial score (nSPS) is 15.8. The van der Waals surface area contributed by atoms with Crippen molar-refractivity contribution in [3.8, 4) is 5.75 Å². The number of para-hydroxylation sites is 1. The maximum absolute atomic E-state index is 6.14. The lowest BCUT2D eigenvalue weighted by Crippen LogP contribution is -2.33. The van der Waals surface area contributed by atoms with Crippen molar-refractivity contribution in [3.05, 3.63) is 58.4 Å². The van der Waals surface area contributed by atoms with Gasteiger partial charge in [-0.1, -0.05) is 19.1 Å². The minimum atomic E-state index is -0.563. The zero-order chi connectivity index (χ0) is 15.9. The Hall–Kier alpha value is -2.16. The molecule has 1 aliphatic heterocycles. The van der Waals surface area contributed by atoms with E-state index in [1.807, 2.05) is 27.0 Å². The third-order valence-electron chi connectivity index (χ3n) is 4.08. The summed E-state index contributed by atoms with van der Waals surface area (Å²) in [4.78, 5) is 9.32. The summed E-state index contributed by atoms with van der Waals surface area (Å²) in [6.07, 6.45) is 2.85. The Morgan fingerprint density at radius 1 is 1.18 bits per heavy atom. The lowest BCUT2D eigenvalue weighted by molar-refractivity contribution is 0.114. The van der Waals surface area contributed by atoms with Gasteiger partial charge >= 0.3 is 0 Å². The molecule has 3 nitrogen and oxygen atoms in total. The Kier molecular flexibility index (Phi) is 3.51. The molecule has 0 spiro atoms. The molecule has 0 atom stereocenters. The van der Waals surface area contributed by atoms with E-state index in [2.05, 4.69) is 43.1 Å². The standard InChI is InChI=1S/C19H22N2O/c1-6-14-8-7-9-16-17(21-19(4,5)22-18(14)16)15-10-12(2)13(3)20-11-15/h7-11H,6H2,1-5H3. The van der Waals surface area contributed by atoms with Crippen molar-refractivity contribution < 1.29 is 4.74 Å². The summed E-state index contributed by atoms with van der Waals surface area (Å²) in [7, 11) is 0. The van der Waals surface area contributed by atoms with E-state index < -0.39 is 5.72 Å². The fourth-order valence-electron chi connectivity index (χ4n) is 2.77. The summed E-state index contributed by atoms with van der Waals surface area (Å²) in [5, 5.41) is 0. The summed E-state index contributed by atoms with van der Waals surface area (Å²) in [6, 6.07) is 8.43. The SMILES string of the molecule is CCc1cccc2c1OC(C)(C)N=C2c1cnc(C)c(C)c1. The number of ether oxygens (including phenoxy) is 1. The second-order valence-corrected chi connectivity index (χ2v) is 6.28. The predicted octanol–water partition coefficient (Wildman–Crippen LogP) is 4.23. The lowest BCUT2D eigenvalue weighted by Gasteiger charge is -2.31. The number of hydrogen-bond acceptors (Lipinski definition) is 3. The van der Waals surface area contributed by atoms with Gasteiger partial charge in [-0.3, -0.25) is 4.98 Å². The summed E-state index contributed by atoms with van der Waals surface area (Å²) in [5.74, 6) is 0.957. The Balaban J connectivity index is 2.22. The Labute approximate surface area is 132 Å². The number of benzene rings is 1. The topological polar surface area (TPSA) is 34.5 Å². The van der Waals surface area contributed by atoms with Crippen molar-refractivity contribution in [2.24, 2.45) is 4.99 Å². The van der Waals surface area contributed by atoms with Gasteiger partial charge in [0.15, 0.2) is 5.72 Å². The highest BCUT2D eigenvalue weighted by Gasteiger charge is 2.30. The molecule has 0 amide bonds. The highest BCUT2D eigenvalue weighted by atomic mass is 16.5. The minimum Gasteiger partial charge on any atom is -0.466 e. The van der Waals surface area contributed by atoms with Crippen molar-refractivity contribution in [2.75, 3.05) is 0 Å². The molecule has 0 fully saturated rings. The highest BCUT2D eigenvalue weighted by molar-refractivity contribution is 6.15. The molecule has 2 aromatic rings. The maximum Gasteiger partial charge on any atom is 0.195 e.